The van der Waals surface area contributed by atoms with E-state index in [1.54, 1.807) is 12.1 Å². The van der Waals surface area contributed by atoms with Crippen molar-refractivity contribution < 1.29 is 8.42 Å². The van der Waals surface area contributed by atoms with Crippen LogP contribution in [0.5, 0.6) is 0 Å². The average molecular weight is 325 g/mol. The van der Waals surface area contributed by atoms with E-state index in [9.17, 15) is 8.42 Å². The predicted octanol–water partition coefficient (Wildman–Crippen LogP) is 3.88. The Morgan fingerprint density at radius 3 is 2.30 bits per heavy atom. The first-order valence-corrected chi connectivity index (χ1v) is 9.14. The number of rotatable bonds is 5. The lowest BCUT2D eigenvalue weighted by molar-refractivity contribution is 0.581. The molecule has 3 aromatic rings. The second-order valence-corrected chi connectivity index (χ2v) is 7.23. The van der Waals surface area contributed by atoms with Crippen molar-refractivity contribution in [1.29, 1.82) is 0 Å². The average Bonchev–Trinajstić information content (AvgIpc) is 2.60. The van der Waals surface area contributed by atoms with Gasteiger partial charge in [-0.2, -0.15) is 0 Å². The minimum Gasteiger partial charge on any atom is -0.207 e. The zero-order valence-electron chi connectivity index (χ0n) is 13.0. The van der Waals surface area contributed by atoms with Crippen LogP contribution in [0.3, 0.4) is 0 Å². The van der Waals surface area contributed by atoms with Crippen molar-refractivity contribution in [1.82, 2.24) is 4.72 Å². The Balaban J connectivity index is 1.83. The van der Waals surface area contributed by atoms with Gasteiger partial charge in [-0.05, 0) is 40.5 Å². The van der Waals surface area contributed by atoms with Gasteiger partial charge in [0, 0.05) is 6.54 Å². The summed E-state index contributed by atoms with van der Waals surface area (Å²) in [6.45, 7) is 2.32. The summed E-state index contributed by atoms with van der Waals surface area (Å²) in [6, 6.07) is 20.9. The van der Waals surface area contributed by atoms with Gasteiger partial charge in [-0.1, -0.05) is 61.5 Å². The van der Waals surface area contributed by atoms with Gasteiger partial charge >= 0.3 is 0 Å². The molecule has 23 heavy (non-hydrogen) atoms. The third-order valence-corrected chi connectivity index (χ3v) is 5.39. The van der Waals surface area contributed by atoms with E-state index >= 15 is 0 Å². The molecule has 0 amide bonds. The summed E-state index contributed by atoms with van der Waals surface area (Å²) in [5.74, 6) is 0. The Morgan fingerprint density at radius 2 is 1.57 bits per heavy atom. The molecule has 3 aromatic carbocycles. The Kier molecular flexibility index (Phi) is 4.46. The lowest BCUT2D eigenvalue weighted by Crippen LogP contribution is -2.23. The number of hydrogen-bond donors (Lipinski definition) is 1. The minimum atomic E-state index is -3.50. The van der Waals surface area contributed by atoms with Crippen molar-refractivity contribution in [3.63, 3.8) is 0 Å². The van der Waals surface area contributed by atoms with E-state index in [0.717, 1.165) is 28.3 Å². The summed E-state index contributed by atoms with van der Waals surface area (Å²) >= 11 is 0. The van der Waals surface area contributed by atoms with Gasteiger partial charge in [-0.3, -0.25) is 0 Å². The number of sulfonamides is 1. The highest BCUT2D eigenvalue weighted by Crippen LogP contribution is 2.19. The Bertz CT molecular complexity index is 910. The summed E-state index contributed by atoms with van der Waals surface area (Å²) in [5, 5.41) is 2.18. The second kappa shape index (κ2) is 6.52. The van der Waals surface area contributed by atoms with E-state index in [4.69, 9.17) is 0 Å². The van der Waals surface area contributed by atoms with Gasteiger partial charge < -0.3 is 0 Å². The van der Waals surface area contributed by atoms with Crippen molar-refractivity contribution in [2.75, 3.05) is 0 Å². The Morgan fingerprint density at radius 1 is 0.870 bits per heavy atom. The molecule has 0 radical (unpaired) electrons. The van der Waals surface area contributed by atoms with Crippen LogP contribution in [-0.4, -0.2) is 8.42 Å². The van der Waals surface area contributed by atoms with Gasteiger partial charge in [0.2, 0.25) is 10.0 Å². The minimum absolute atomic E-state index is 0.277. The molecule has 0 atom stereocenters. The smallest absolute Gasteiger partial charge is 0.207 e. The maximum absolute atomic E-state index is 12.4. The number of benzene rings is 3. The van der Waals surface area contributed by atoms with E-state index in [0.29, 0.717) is 4.90 Å². The van der Waals surface area contributed by atoms with Crippen LogP contribution in [0.1, 0.15) is 18.1 Å². The van der Waals surface area contributed by atoms with Gasteiger partial charge in [-0.25, -0.2) is 13.1 Å². The fraction of sp³-hybridized carbons (Fsp3) is 0.158. The molecule has 0 bridgehead atoms. The number of aryl methyl sites for hydroxylation is 1. The SMILES string of the molecule is CCc1ccc(S(=O)(=O)NCc2cccc3ccccc23)cc1. The third-order valence-electron chi connectivity index (χ3n) is 3.97. The molecule has 0 aliphatic rings. The summed E-state index contributed by atoms with van der Waals surface area (Å²) < 4.78 is 27.6. The normalized spacial score (nSPS) is 11.7. The maximum atomic E-state index is 12.4. The van der Waals surface area contributed by atoms with Crippen LogP contribution in [-0.2, 0) is 23.0 Å². The number of nitrogens with one attached hydrogen (secondary N) is 1. The predicted molar refractivity (Wildman–Crippen MR) is 93.8 cm³/mol. The zero-order valence-corrected chi connectivity index (χ0v) is 13.8. The molecular formula is C19H19NO2S. The van der Waals surface area contributed by atoms with Crippen LogP contribution in [0, 0.1) is 0 Å². The molecule has 0 heterocycles. The third kappa shape index (κ3) is 3.44. The molecule has 0 aliphatic heterocycles. The molecule has 0 aromatic heterocycles. The molecule has 1 N–H and O–H groups in total. The molecule has 0 fully saturated rings. The fourth-order valence-electron chi connectivity index (χ4n) is 2.61. The molecule has 3 rings (SSSR count). The molecular weight excluding hydrogens is 306 g/mol. The number of fused-ring (bicyclic) bond motifs is 1. The van der Waals surface area contributed by atoms with Gasteiger partial charge in [0.1, 0.15) is 0 Å². The van der Waals surface area contributed by atoms with Crippen molar-refractivity contribution in [2.45, 2.75) is 24.8 Å². The highest BCUT2D eigenvalue weighted by molar-refractivity contribution is 7.89. The quantitative estimate of drug-likeness (QED) is 0.774. The van der Waals surface area contributed by atoms with E-state index in [-0.39, 0.29) is 6.54 Å². The lowest BCUT2D eigenvalue weighted by Gasteiger charge is -2.10. The fourth-order valence-corrected chi connectivity index (χ4v) is 3.61. The van der Waals surface area contributed by atoms with Crippen LogP contribution in [0.25, 0.3) is 10.8 Å². The molecule has 118 valence electrons. The second-order valence-electron chi connectivity index (χ2n) is 5.46. The monoisotopic (exact) mass is 325 g/mol. The Labute approximate surface area is 137 Å². The van der Waals surface area contributed by atoms with Crippen molar-refractivity contribution in [3.05, 3.63) is 77.9 Å². The lowest BCUT2D eigenvalue weighted by atomic mass is 10.1. The van der Waals surface area contributed by atoms with E-state index in [1.807, 2.05) is 61.5 Å². The van der Waals surface area contributed by atoms with Gasteiger partial charge in [-0.15, -0.1) is 0 Å². The molecule has 0 aliphatic carbocycles. The van der Waals surface area contributed by atoms with E-state index < -0.39 is 10.0 Å². The topological polar surface area (TPSA) is 46.2 Å². The Hall–Kier alpha value is -2.17. The molecule has 0 spiro atoms. The van der Waals surface area contributed by atoms with Gasteiger partial charge in [0.15, 0.2) is 0 Å². The van der Waals surface area contributed by atoms with E-state index in [2.05, 4.69) is 4.72 Å². The summed E-state index contributed by atoms with van der Waals surface area (Å²) in [6.07, 6.45) is 0.893. The largest absolute Gasteiger partial charge is 0.240 e. The van der Waals surface area contributed by atoms with Crippen LogP contribution >= 0.6 is 0 Å². The molecule has 3 nitrogen and oxygen atoms in total. The highest BCUT2D eigenvalue weighted by atomic mass is 32.2. The summed E-state index contributed by atoms with van der Waals surface area (Å²) in [7, 11) is -3.50. The highest BCUT2D eigenvalue weighted by Gasteiger charge is 2.14. The molecule has 0 saturated heterocycles. The van der Waals surface area contributed by atoms with Crippen LogP contribution < -0.4 is 4.72 Å². The standard InChI is InChI=1S/C19H19NO2S/c1-2-15-10-12-18(13-11-15)23(21,22)20-14-17-8-5-7-16-6-3-4-9-19(16)17/h3-13,20H,2,14H2,1H3. The van der Waals surface area contributed by atoms with E-state index in [1.165, 1.54) is 0 Å². The van der Waals surface area contributed by atoms with Crippen molar-refractivity contribution >= 4 is 20.8 Å². The van der Waals surface area contributed by atoms with Crippen LogP contribution in [0.2, 0.25) is 0 Å². The number of hydrogen-bond acceptors (Lipinski definition) is 2. The van der Waals surface area contributed by atoms with Crippen molar-refractivity contribution in [3.8, 4) is 0 Å². The molecule has 0 saturated carbocycles. The summed E-state index contributed by atoms with van der Waals surface area (Å²) in [5.41, 5.74) is 2.09. The van der Waals surface area contributed by atoms with Crippen molar-refractivity contribution in [2.24, 2.45) is 0 Å². The van der Waals surface area contributed by atoms with Crippen LogP contribution in [0.4, 0.5) is 0 Å². The van der Waals surface area contributed by atoms with Crippen LogP contribution in [0.15, 0.2) is 71.6 Å². The molecule has 4 heteroatoms. The van der Waals surface area contributed by atoms with Gasteiger partial charge in [0.25, 0.3) is 0 Å². The first-order valence-electron chi connectivity index (χ1n) is 7.65. The first kappa shape index (κ1) is 15.7. The molecule has 0 unspecified atom stereocenters. The first-order chi connectivity index (χ1) is 11.1. The maximum Gasteiger partial charge on any atom is 0.240 e. The summed E-state index contributed by atoms with van der Waals surface area (Å²) in [4.78, 5) is 0.301. The van der Waals surface area contributed by atoms with Gasteiger partial charge in [0.05, 0.1) is 4.90 Å². The zero-order chi connectivity index (χ0) is 16.3.